The predicted octanol–water partition coefficient (Wildman–Crippen LogP) is 1.44. The molecule has 0 amide bonds. The molecule has 1 N–H and O–H groups in total. The molecule has 2 fully saturated rings. The molecule has 0 radical (unpaired) electrons. The van der Waals surface area contributed by atoms with Crippen LogP contribution in [0.5, 0.6) is 0 Å². The first-order chi connectivity index (χ1) is 10.8. The second-order valence-corrected chi connectivity index (χ2v) is 6.66. The van der Waals surface area contributed by atoms with Crippen molar-refractivity contribution >= 4 is 5.69 Å². The molecule has 2 heterocycles. The highest BCUT2D eigenvalue weighted by Crippen LogP contribution is 2.26. The Balaban J connectivity index is 1.58. The summed E-state index contributed by atoms with van der Waals surface area (Å²) in [5.74, 6) is 0. The molecule has 0 aliphatic carbocycles. The fraction of sp³-hybridized carbons (Fsp3) is 0.667. The molecule has 1 aromatic rings. The highest BCUT2D eigenvalue weighted by atomic mass is 16.2. The Morgan fingerprint density at radius 2 is 1.68 bits per heavy atom. The van der Waals surface area contributed by atoms with Crippen molar-refractivity contribution in [2.45, 2.75) is 25.3 Å². The van der Waals surface area contributed by atoms with Crippen LogP contribution < -0.4 is 4.90 Å². The van der Waals surface area contributed by atoms with Gasteiger partial charge in [0.2, 0.25) is 0 Å². The first kappa shape index (κ1) is 15.8. The van der Waals surface area contributed by atoms with Gasteiger partial charge >= 0.3 is 0 Å². The maximum absolute atomic E-state index is 9.25. The summed E-state index contributed by atoms with van der Waals surface area (Å²) in [4.78, 5) is 7.63. The van der Waals surface area contributed by atoms with Gasteiger partial charge in [0, 0.05) is 57.6 Å². The average molecular weight is 303 g/mol. The zero-order chi connectivity index (χ0) is 15.4. The van der Waals surface area contributed by atoms with Crippen LogP contribution in [0.2, 0.25) is 0 Å². The third-order valence-electron chi connectivity index (χ3n) is 5.23. The molecule has 2 saturated heterocycles. The maximum atomic E-state index is 9.25. The van der Waals surface area contributed by atoms with Crippen molar-refractivity contribution in [3.8, 4) is 0 Å². The lowest BCUT2D eigenvalue weighted by Crippen LogP contribution is -2.52. The van der Waals surface area contributed by atoms with Crippen molar-refractivity contribution in [2.75, 3.05) is 57.8 Å². The second-order valence-electron chi connectivity index (χ2n) is 6.66. The normalized spacial score (nSPS) is 22.2. The molecule has 122 valence electrons. The molecule has 4 heteroatoms. The van der Waals surface area contributed by atoms with Gasteiger partial charge < -0.3 is 14.9 Å². The standard InChI is InChI=1S/C18H29N3O/c1-19-11-13-20(14-12-19)17-6-9-21(10-7-17)18-5-3-2-4-16(18)8-15-22/h2-5,17,22H,6-15H2,1H3. The minimum absolute atomic E-state index is 0.231. The van der Waals surface area contributed by atoms with Gasteiger partial charge in [0.25, 0.3) is 0 Å². The number of para-hydroxylation sites is 1. The van der Waals surface area contributed by atoms with Crippen LogP contribution in [0.15, 0.2) is 24.3 Å². The molecule has 22 heavy (non-hydrogen) atoms. The molecule has 0 unspecified atom stereocenters. The fourth-order valence-electron chi connectivity index (χ4n) is 3.81. The average Bonchev–Trinajstić information content (AvgIpc) is 2.57. The summed E-state index contributed by atoms with van der Waals surface area (Å²) in [6.07, 6.45) is 3.28. The number of benzene rings is 1. The molecule has 0 atom stereocenters. The van der Waals surface area contributed by atoms with Crippen LogP contribution in [0.3, 0.4) is 0 Å². The van der Waals surface area contributed by atoms with Gasteiger partial charge in [-0.15, -0.1) is 0 Å². The van der Waals surface area contributed by atoms with Crippen LogP contribution >= 0.6 is 0 Å². The van der Waals surface area contributed by atoms with Gasteiger partial charge in [-0.05, 0) is 37.9 Å². The zero-order valence-electron chi connectivity index (χ0n) is 13.7. The Morgan fingerprint density at radius 3 is 2.36 bits per heavy atom. The lowest BCUT2D eigenvalue weighted by molar-refractivity contribution is 0.0982. The molecule has 0 bridgehead atoms. The van der Waals surface area contributed by atoms with Gasteiger partial charge in [0.1, 0.15) is 0 Å². The van der Waals surface area contributed by atoms with Crippen LogP contribution in [0.25, 0.3) is 0 Å². The lowest BCUT2D eigenvalue weighted by Gasteiger charge is -2.43. The summed E-state index contributed by atoms with van der Waals surface area (Å²) >= 11 is 0. The third-order valence-corrected chi connectivity index (χ3v) is 5.23. The smallest absolute Gasteiger partial charge is 0.0472 e. The fourth-order valence-corrected chi connectivity index (χ4v) is 3.81. The first-order valence-corrected chi connectivity index (χ1v) is 8.64. The molecular formula is C18H29N3O. The van der Waals surface area contributed by atoms with Crippen molar-refractivity contribution in [3.63, 3.8) is 0 Å². The topological polar surface area (TPSA) is 30.0 Å². The van der Waals surface area contributed by atoms with Crippen molar-refractivity contribution in [1.29, 1.82) is 0 Å². The van der Waals surface area contributed by atoms with E-state index in [0.717, 1.165) is 25.6 Å². The number of piperidine rings is 1. The van der Waals surface area contributed by atoms with E-state index in [1.807, 2.05) is 0 Å². The monoisotopic (exact) mass is 303 g/mol. The van der Waals surface area contributed by atoms with E-state index < -0.39 is 0 Å². The largest absolute Gasteiger partial charge is 0.396 e. The number of anilines is 1. The quantitative estimate of drug-likeness (QED) is 0.911. The van der Waals surface area contributed by atoms with E-state index >= 15 is 0 Å². The molecule has 0 spiro atoms. The van der Waals surface area contributed by atoms with Gasteiger partial charge in [-0.1, -0.05) is 18.2 Å². The molecule has 2 aliphatic rings. The number of piperazine rings is 1. The predicted molar refractivity (Wildman–Crippen MR) is 91.5 cm³/mol. The zero-order valence-corrected chi connectivity index (χ0v) is 13.7. The van der Waals surface area contributed by atoms with E-state index in [4.69, 9.17) is 0 Å². The van der Waals surface area contributed by atoms with E-state index in [0.29, 0.717) is 0 Å². The highest BCUT2D eigenvalue weighted by Gasteiger charge is 2.27. The van der Waals surface area contributed by atoms with Crippen molar-refractivity contribution in [3.05, 3.63) is 29.8 Å². The van der Waals surface area contributed by atoms with Crippen LogP contribution in [-0.2, 0) is 6.42 Å². The number of hydrogen-bond donors (Lipinski definition) is 1. The van der Waals surface area contributed by atoms with E-state index in [9.17, 15) is 5.11 Å². The second kappa shape index (κ2) is 7.44. The molecule has 0 saturated carbocycles. The molecule has 0 aromatic heterocycles. The molecule has 3 rings (SSSR count). The SMILES string of the molecule is CN1CCN(C2CCN(c3ccccc3CCO)CC2)CC1. The van der Waals surface area contributed by atoms with Crippen LogP contribution in [-0.4, -0.2) is 73.9 Å². The number of nitrogens with zero attached hydrogens (tertiary/aromatic N) is 3. The number of rotatable bonds is 4. The summed E-state index contributed by atoms with van der Waals surface area (Å²) in [6.45, 7) is 7.37. The first-order valence-electron chi connectivity index (χ1n) is 8.64. The summed E-state index contributed by atoms with van der Waals surface area (Å²) in [5.41, 5.74) is 2.61. The molecule has 2 aliphatic heterocycles. The van der Waals surface area contributed by atoms with Crippen LogP contribution in [0.1, 0.15) is 18.4 Å². The van der Waals surface area contributed by atoms with Gasteiger partial charge in [-0.25, -0.2) is 0 Å². The van der Waals surface area contributed by atoms with Crippen molar-refractivity contribution < 1.29 is 5.11 Å². The summed E-state index contributed by atoms with van der Waals surface area (Å²) in [7, 11) is 2.22. The van der Waals surface area contributed by atoms with Crippen LogP contribution in [0, 0.1) is 0 Å². The summed E-state index contributed by atoms with van der Waals surface area (Å²) < 4.78 is 0. The number of aliphatic hydroxyl groups is 1. The Hall–Kier alpha value is -1.10. The van der Waals surface area contributed by atoms with E-state index in [2.05, 4.69) is 46.0 Å². The van der Waals surface area contributed by atoms with E-state index in [1.54, 1.807) is 0 Å². The van der Waals surface area contributed by atoms with Crippen LogP contribution in [0.4, 0.5) is 5.69 Å². The minimum atomic E-state index is 0.231. The van der Waals surface area contributed by atoms with Crippen molar-refractivity contribution in [2.24, 2.45) is 0 Å². The molecular weight excluding hydrogens is 274 g/mol. The number of likely N-dealkylation sites (N-methyl/N-ethyl adjacent to an activating group) is 1. The van der Waals surface area contributed by atoms with Gasteiger partial charge in [0.15, 0.2) is 0 Å². The Labute approximate surface area is 134 Å². The van der Waals surface area contributed by atoms with Gasteiger partial charge in [0.05, 0.1) is 0 Å². The van der Waals surface area contributed by atoms with Gasteiger partial charge in [-0.2, -0.15) is 0 Å². The summed E-state index contributed by atoms with van der Waals surface area (Å²) in [6, 6.07) is 9.31. The van der Waals surface area contributed by atoms with E-state index in [1.165, 1.54) is 50.3 Å². The molecule has 4 nitrogen and oxygen atoms in total. The maximum Gasteiger partial charge on any atom is 0.0472 e. The van der Waals surface area contributed by atoms with E-state index in [-0.39, 0.29) is 6.61 Å². The molecule has 1 aromatic carbocycles. The number of hydrogen-bond acceptors (Lipinski definition) is 4. The Kier molecular flexibility index (Phi) is 5.34. The Morgan fingerprint density at radius 1 is 1.00 bits per heavy atom. The highest BCUT2D eigenvalue weighted by molar-refractivity contribution is 5.54. The van der Waals surface area contributed by atoms with Crippen molar-refractivity contribution in [1.82, 2.24) is 9.80 Å². The third kappa shape index (κ3) is 3.62. The number of aliphatic hydroxyl groups excluding tert-OH is 1. The summed E-state index contributed by atoms with van der Waals surface area (Å²) in [5, 5.41) is 9.25. The van der Waals surface area contributed by atoms with Gasteiger partial charge in [-0.3, -0.25) is 4.90 Å². The Bertz CT molecular complexity index is 463. The minimum Gasteiger partial charge on any atom is -0.396 e. The lowest BCUT2D eigenvalue weighted by atomic mass is 10.00.